The normalized spacial score (nSPS) is 15.4. The molecule has 3 heteroatoms. The molecule has 0 aliphatic heterocycles. The quantitative estimate of drug-likeness (QED) is 0.654. The van der Waals surface area contributed by atoms with Crippen LogP contribution in [0, 0.1) is 5.92 Å². The molecular weight excluding hydrogens is 166 g/mol. The van der Waals surface area contributed by atoms with E-state index in [1.54, 1.807) is 7.11 Å². The Balaban J connectivity index is 3.68. The van der Waals surface area contributed by atoms with Crippen molar-refractivity contribution in [1.29, 1.82) is 0 Å². The highest BCUT2D eigenvalue weighted by molar-refractivity contribution is 5.83. The van der Waals surface area contributed by atoms with Crippen LogP contribution < -0.4 is 5.73 Å². The van der Waals surface area contributed by atoms with Gasteiger partial charge in [0.15, 0.2) is 0 Å². The molecule has 0 bridgehead atoms. The van der Waals surface area contributed by atoms with Crippen LogP contribution in [0.2, 0.25) is 0 Å². The lowest BCUT2D eigenvalue weighted by Gasteiger charge is -2.12. The van der Waals surface area contributed by atoms with Crippen LogP contribution in [0.3, 0.4) is 0 Å². The summed E-state index contributed by atoms with van der Waals surface area (Å²) in [7, 11) is 1.62. The van der Waals surface area contributed by atoms with Crippen LogP contribution in [0.1, 0.15) is 33.1 Å². The first kappa shape index (κ1) is 12.6. The average Bonchev–Trinajstić information content (AvgIpc) is 2.13. The van der Waals surface area contributed by atoms with Gasteiger partial charge in [0, 0.05) is 20.1 Å². The zero-order chi connectivity index (χ0) is 10.3. The fraction of sp³-hybridized carbons (Fsp3) is 0.900. The number of hydrogen-bond acceptors (Lipinski definition) is 3. The SMILES string of the molecule is CCC(C)CC(=O)C(N)CCOC. The van der Waals surface area contributed by atoms with E-state index < -0.39 is 0 Å². The largest absolute Gasteiger partial charge is 0.385 e. The van der Waals surface area contributed by atoms with Gasteiger partial charge in [-0.3, -0.25) is 4.79 Å². The van der Waals surface area contributed by atoms with E-state index in [1.807, 2.05) is 0 Å². The second kappa shape index (κ2) is 7.04. The first-order valence-electron chi connectivity index (χ1n) is 4.89. The Morgan fingerprint density at radius 3 is 2.62 bits per heavy atom. The van der Waals surface area contributed by atoms with E-state index in [-0.39, 0.29) is 11.8 Å². The van der Waals surface area contributed by atoms with Gasteiger partial charge in [0.05, 0.1) is 6.04 Å². The van der Waals surface area contributed by atoms with Crippen molar-refractivity contribution >= 4 is 5.78 Å². The molecule has 0 aromatic rings. The molecule has 2 N–H and O–H groups in total. The Morgan fingerprint density at radius 2 is 2.15 bits per heavy atom. The van der Waals surface area contributed by atoms with Gasteiger partial charge in [0.2, 0.25) is 0 Å². The van der Waals surface area contributed by atoms with Crippen LogP contribution in [0.15, 0.2) is 0 Å². The minimum Gasteiger partial charge on any atom is -0.385 e. The summed E-state index contributed by atoms with van der Waals surface area (Å²) < 4.78 is 4.86. The standard InChI is InChI=1S/C10H21NO2/c1-4-8(2)7-10(12)9(11)5-6-13-3/h8-9H,4-7,11H2,1-3H3. The fourth-order valence-electron chi connectivity index (χ4n) is 1.04. The number of ketones is 1. The molecule has 0 amide bonds. The summed E-state index contributed by atoms with van der Waals surface area (Å²) in [5.74, 6) is 0.604. The molecule has 0 aromatic heterocycles. The van der Waals surface area contributed by atoms with Gasteiger partial charge in [0.1, 0.15) is 5.78 Å². The smallest absolute Gasteiger partial charge is 0.149 e. The average molecular weight is 187 g/mol. The summed E-state index contributed by atoms with van der Waals surface area (Å²) in [6.07, 6.45) is 2.26. The van der Waals surface area contributed by atoms with Crippen LogP contribution in [-0.2, 0) is 9.53 Å². The summed E-state index contributed by atoms with van der Waals surface area (Å²) in [5, 5.41) is 0. The fourth-order valence-corrected chi connectivity index (χ4v) is 1.04. The van der Waals surface area contributed by atoms with Crippen LogP contribution in [0.5, 0.6) is 0 Å². The number of carbonyl (C=O) groups is 1. The minimum atomic E-state index is -0.339. The highest BCUT2D eigenvalue weighted by atomic mass is 16.5. The van der Waals surface area contributed by atoms with Crippen molar-refractivity contribution in [2.24, 2.45) is 11.7 Å². The molecule has 0 aliphatic carbocycles. The number of Topliss-reactive ketones (excluding diaryl/α,β-unsaturated/α-hetero) is 1. The Hall–Kier alpha value is -0.410. The van der Waals surface area contributed by atoms with Crippen molar-refractivity contribution in [3.05, 3.63) is 0 Å². The monoisotopic (exact) mass is 187 g/mol. The zero-order valence-electron chi connectivity index (χ0n) is 8.88. The van der Waals surface area contributed by atoms with Gasteiger partial charge in [-0.1, -0.05) is 20.3 Å². The molecule has 78 valence electrons. The lowest BCUT2D eigenvalue weighted by molar-refractivity contribution is -0.121. The summed E-state index contributed by atoms with van der Waals surface area (Å²) >= 11 is 0. The van der Waals surface area contributed by atoms with Crippen LogP contribution in [-0.4, -0.2) is 25.5 Å². The summed E-state index contributed by atoms with van der Waals surface area (Å²) in [5.41, 5.74) is 5.68. The van der Waals surface area contributed by atoms with E-state index in [4.69, 9.17) is 10.5 Å². The van der Waals surface area contributed by atoms with Crippen molar-refractivity contribution in [2.75, 3.05) is 13.7 Å². The molecule has 2 atom stereocenters. The maximum Gasteiger partial charge on any atom is 0.149 e. The zero-order valence-corrected chi connectivity index (χ0v) is 8.88. The molecule has 0 spiro atoms. The maximum atomic E-state index is 11.4. The number of rotatable bonds is 7. The van der Waals surface area contributed by atoms with Gasteiger partial charge < -0.3 is 10.5 Å². The third-order valence-electron chi connectivity index (χ3n) is 2.29. The van der Waals surface area contributed by atoms with Gasteiger partial charge in [-0.25, -0.2) is 0 Å². The van der Waals surface area contributed by atoms with Crippen molar-refractivity contribution < 1.29 is 9.53 Å². The molecule has 2 unspecified atom stereocenters. The summed E-state index contributed by atoms with van der Waals surface area (Å²) in [6.45, 7) is 4.72. The van der Waals surface area contributed by atoms with Crippen LogP contribution >= 0.6 is 0 Å². The van der Waals surface area contributed by atoms with E-state index in [1.165, 1.54) is 0 Å². The number of nitrogens with two attached hydrogens (primary N) is 1. The molecule has 0 saturated carbocycles. The predicted molar refractivity (Wildman–Crippen MR) is 53.5 cm³/mol. The van der Waals surface area contributed by atoms with Gasteiger partial charge in [-0.15, -0.1) is 0 Å². The third-order valence-corrected chi connectivity index (χ3v) is 2.29. The Morgan fingerprint density at radius 1 is 1.54 bits per heavy atom. The second-order valence-electron chi connectivity index (χ2n) is 3.57. The first-order chi connectivity index (χ1) is 6.11. The van der Waals surface area contributed by atoms with Crippen molar-refractivity contribution in [1.82, 2.24) is 0 Å². The van der Waals surface area contributed by atoms with Crippen LogP contribution in [0.4, 0.5) is 0 Å². The lowest BCUT2D eigenvalue weighted by atomic mass is 9.97. The van der Waals surface area contributed by atoms with E-state index in [0.717, 1.165) is 6.42 Å². The number of hydrogen-bond donors (Lipinski definition) is 1. The summed E-state index contributed by atoms with van der Waals surface area (Å²) in [4.78, 5) is 11.4. The second-order valence-corrected chi connectivity index (χ2v) is 3.57. The Bertz CT molecular complexity index is 148. The topological polar surface area (TPSA) is 52.3 Å². The molecule has 0 rings (SSSR count). The summed E-state index contributed by atoms with van der Waals surface area (Å²) in [6, 6.07) is -0.339. The van der Waals surface area contributed by atoms with E-state index in [9.17, 15) is 4.79 Å². The molecule has 0 aromatic carbocycles. The lowest BCUT2D eigenvalue weighted by Crippen LogP contribution is -2.32. The van der Waals surface area contributed by atoms with Crippen molar-refractivity contribution in [2.45, 2.75) is 39.2 Å². The highest BCUT2D eigenvalue weighted by Crippen LogP contribution is 2.08. The predicted octanol–water partition coefficient (Wildman–Crippen LogP) is 1.36. The van der Waals surface area contributed by atoms with Gasteiger partial charge >= 0.3 is 0 Å². The highest BCUT2D eigenvalue weighted by Gasteiger charge is 2.15. The molecular formula is C10H21NO2. The molecule has 3 nitrogen and oxygen atoms in total. The van der Waals surface area contributed by atoms with E-state index >= 15 is 0 Å². The van der Waals surface area contributed by atoms with E-state index in [0.29, 0.717) is 25.4 Å². The molecule has 0 heterocycles. The van der Waals surface area contributed by atoms with Gasteiger partial charge in [0.25, 0.3) is 0 Å². The number of methoxy groups -OCH3 is 1. The number of carbonyl (C=O) groups excluding carboxylic acids is 1. The molecule has 13 heavy (non-hydrogen) atoms. The maximum absolute atomic E-state index is 11.4. The minimum absolute atomic E-state index is 0.159. The molecule has 0 radical (unpaired) electrons. The third kappa shape index (κ3) is 5.77. The molecule has 0 fully saturated rings. The van der Waals surface area contributed by atoms with Crippen molar-refractivity contribution in [3.63, 3.8) is 0 Å². The first-order valence-corrected chi connectivity index (χ1v) is 4.89. The van der Waals surface area contributed by atoms with Gasteiger partial charge in [-0.2, -0.15) is 0 Å². The molecule has 0 aliphatic rings. The van der Waals surface area contributed by atoms with Crippen LogP contribution in [0.25, 0.3) is 0 Å². The Labute approximate surface area is 80.6 Å². The Kier molecular flexibility index (Phi) is 6.82. The van der Waals surface area contributed by atoms with Crippen molar-refractivity contribution in [3.8, 4) is 0 Å². The van der Waals surface area contributed by atoms with Gasteiger partial charge in [-0.05, 0) is 12.3 Å². The number of ether oxygens (including phenoxy) is 1. The molecule has 0 saturated heterocycles. The van der Waals surface area contributed by atoms with E-state index in [2.05, 4.69) is 13.8 Å².